The van der Waals surface area contributed by atoms with Gasteiger partial charge in [-0.05, 0) is 30.0 Å². The van der Waals surface area contributed by atoms with Gasteiger partial charge in [0.1, 0.15) is 5.82 Å². The van der Waals surface area contributed by atoms with Crippen LogP contribution in [0.3, 0.4) is 0 Å². The fourth-order valence-electron chi connectivity index (χ4n) is 2.33. The van der Waals surface area contributed by atoms with Gasteiger partial charge in [0, 0.05) is 6.42 Å². The molecule has 0 spiro atoms. The van der Waals surface area contributed by atoms with Gasteiger partial charge in [-0.3, -0.25) is 4.79 Å². The van der Waals surface area contributed by atoms with Crippen LogP contribution in [0.15, 0.2) is 18.2 Å². The highest BCUT2D eigenvalue weighted by molar-refractivity contribution is 6.30. The quantitative estimate of drug-likeness (QED) is 0.846. The third kappa shape index (κ3) is 4.17. The molecule has 1 amide bonds. The van der Waals surface area contributed by atoms with Crippen molar-refractivity contribution in [3.63, 3.8) is 0 Å². The number of halogens is 2. The number of hydrogen-bond acceptors (Lipinski definition) is 2. The molecule has 4 nitrogen and oxygen atoms in total. The standard InChI is InChI=1S/C15H17ClFNO3/c16-11-6-5-10(8-12(11)17)14(15(20)21)18-13(19)7-4-9-2-1-3-9/h5-6,8-9,14H,1-4,7H2,(H,18,19)(H,20,21). The van der Waals surface area contributed by atoms with Gasteiger partial charge in [-0.1, -0.05) is 36.9 Å². The lowest BCUT2D eigenvalue weighted by molar-refractivity contribution is -0.142. The van der Waals surface area contributed by atoms with Gasteiger partial charge in [-0.15, -0.1) is 0 Å². The van der Waals surface area contributed by atoms with Crippen molar-refractivity contribution in [2.75, 3.05) is 0 Å². The number of hydrogen-bond donors (Lipinski definition) is 2. The SMILES string of the molecule is O=C(CCC1CCC1)NC(C(=O)O)c1ccc(Cl)c(F)c1. The minimum atomic E-state index is -1.26. The number of rotatable bonds is 6. The number of carboxylic acids is 1. The van der Waals surface area contributed by atoms with Crippen molar-refractivity contribution in [1.82, 2.24) is 5.32 Å². The van der Waals surface area contributed by atoms with Crippen LogP contribution in [0.2, 0.25) is 5.02 Å². The first-order chi connectivity index (χ1) is 9.97. The zero-order valence-electron chi connectivity index (χ0n) is 11.4. The molecule has 1 aromatic rings. The summed E-state index contributed by atoms with van der Waals surface area (Å²) in [6.07, 6.45) is 4.54. The molecule has 1 saturated carbocycles. The van der Waals surface area contributed by atoms with Gasteiger partial charge >= 0.3 is 5.97 Å². The van der Waals surface area contributed by atoms with Crippen molar-refractivity contribution in [1.29, 1.82) is 0 Å². The van der Waals surface area contributed by atoms with Crippen molar-refractivity contribution in [3.8, 4) is 0 Å². The monoisotopic (exact) mass is 313 g/mol. The Bertz CT molecular complexity index is 546. The Kier molecular flexibility index (Phi) is 5.17. The molecule has 1 aliphatic carbocycles. The van der Waals surface area contributed by atoms with Crippen molar-refractivity contribution in [3.05, 3.63) is 34.6 Å². The second-order valence-corrected chi connectivity index (χ2v) is 5.76. The van der Waals surface area contributed by atoms with E-state index in [2.05, 4.69) is 5.32 Å². The molecule has 0 saturated heterocycles. The van der Waals surface area contributed by atoms with E-state index >= 15 is 0 Å². The fourth-order valence-corrected chi connectivity index (χ4v) is 2.45. The minimum absolute atomic E-state index is 0.0841. The lowest BCUT2D eigenvalue weighted by atomic mass is 9.82. The fraction of sp³-hybridized carbons (Fsp3) is 0.467. The molecule has 1 fully saturated rings. The van der Waals surface area contributed by atoms with Crippen LogP contribution in [0.5, 0.6) is 0 Å². The third-order valence-corrected chi connectivity index (χ3v) is 4.14. The van der Waals surface area contributed by atoms with E-state index in [1.807, 2.05) is 0 Å². The molecule has 0 heterocycles. The number of nitrogens with one attached hydrogen (secondary N) is 1. The molecule has 2 rings (SSSR count). The Morgan fingerprint density at radius 1 is 1.43 bits per heavy atom. The van der Waals surface area contributed by atoms with Crippen molar-refractivity contribution in [2.45, 2.75) is 38.1 Å². The number of carbonyl (C=O) groups is 2. The molecule has 1 aromatic carbocycles. The van der Waals surface area contributed by atoms with Crippen LogP contribution in [0, 0.1) is 11.7 Å². The number of amides is 1. The Morgan fingerprint density at radius 2 is 2.14 bits per heavy atom. The molecule has 21 heavy (non-hydrogen) atoms. The summed E-state index contributed by atoms with van der Waals surface area (Å²) >= 11 is 5.57. The maximum atomic E-state index is 13.4. The zero-order chi connectivity index (χ0) is 15.4. The first kappa shape index (κ1) is 15.8. The molecule has 1 atom stereocenters. The molecule has 2 N–H and O–H groups in total. The summed E-state index contributed by atoms with van der Waals surface area (Å²) < 4.78 is 13.4. The Labute approximate surface area is 127 Å². The summed E-state index contributed by atoms with van der Waals surface area (Å²) in [5.41, 5.74) is 0.168. The lowest BCUT2D eigenvalue weighted by Crippen LogP contribution is -2.34. The van der Waals surface area contributed by atoms with Crippen LogP contribution in [-0.2, 0) is 9.59 Å². The highest BCUT2D eigenvalue weighted by Gasteiger charge is 2.24. The summed E-state index contributed by atoms with van der Waals surface area (Å²) in [5, 5.41) is 11.6. The second-order valence-electron chi connectivity index (χ2n) is 5.35. The normalized spacial score (nSPS) is 16.1. The third-order valence-electron chi connectivity index (χ3n) is 3.83. The predicted molar refractivity (Wildman–Crippen MR) is 76.5 cm³/mol. The van der Waals surface area contributed by atoms with Gasteiger partial charge in [-0.25, -0.2) is 9.18 Å². The number of carbonyl (C=O) groups excluding carboxylic acids is 1. The van der Waals surface area contributed by atoms with Gasteiger partial charge in [0.2, 0.25) is 5.91 Å². The first-order valence-electron chi connectivity index (χ1n) is 6.94. The van der Waals surface area contributed by atoms with Gasteiger partial charge in [0.05, 0.1) is 5.02 Å². The average Bonchev–Trinajstić information content (AvgIpc) is 2.37. The van der Waals surface area contributed by atoms with Crippen LogP contribution in [-0.4, -0.2) is 17.0 Å². The van der Waals surface area contributed by atoms with Crippen molar-refractivity contribution < 1.29 is 19.1 Å². The second kappa shape index (κ2) is 6.89. The number of carboxylic acid groups (broad SMARTS) is 1. The van der Waals surface area contributed by atoms with E-state index in [1.54, 1.807) is 0 Å². The van der Waals surface area contributed by atoms with Crippen LogP contribution < -0.4 is 5.32 Å². The first-order valence-corrected chi connectivity index (χ1v) is 7.32. The van der Waals surface area contributed by atoms with E-state index in [9.17, 15) is 19.1 Å². The van der Waals surface area contributed by atoms with E-state index < -0.39 is 17.8 Å². The number of benzene rings is 1. The van der Waals surface area contributed by atoms with Crippen molar-refractivity contribution in [2.24, 2.45) is 5.92 Å². The number of aliphatic carboxylic acids is 1. The van der Waals surface area contributed by atoms with Crippen LogP contribution >= 0.6 is 11.6 Å². The van der Waals surface area contributed by atoms with Gasteiger partial charge in [-0.2, -0.15) is 0 Å². The molecule has 0 radical (unpaired) electrons. The Hall–Kier alpha value is -1.62. The zero-order valence-corrected chi connectivity index (χ0v) is 12.2. The molecular formula is C15H17ClFNO3. The molecule has 114 valence electrons. The van der Waals surface area contributed by atoms with Gasteiger partial charge in [0.25, 0.3) is 0 Å². The molecule has 1 aliphatic rings. The molecule has 1 unspecified atom stereocenters. The highest BCUT2D eigenvalue weighted by Crippen LogP contribution is 2.30. The Morgan fingerprint density at radius 3 is 2.67 bits per heavy atom. The lowest BCUT2D eigenvalue weighted by Gasteiger charge is -2.25. The van der Waals surface area contributed by atoms with Crippen molar-refractivity contribution >= 4 is 23.5 Å². The smallest absolute Gasteiger partial charge is 0.330 e. The topological polar surface area (TPSA) is 66.4 Å². The summed E-state index contributed by atoms with van der Waals surface area (Å²) in [6.45, 7) is 0. The van der Waals surface area contributed by atoms with E-state index in [0.29, 0.717) is 12.3 Å². The van der Waals surface area contributed by atoms with Crippen LogP contribution in [0.25, 0.3) is 0 Å². The summed E-state index contributed by atoms with van der Waals surface area (Å²) in [4.78, 5) is 23.1. The maximum absolute atomic E-state index is 13.4. The molecule has 0 aromatic heterocycles. The summed E-state index contributed by atoms with van der Waals surface area (Å²) in [7, 11) is 0. The average molecular weight is 314 g/mol. The summed E-state index contributed by atoms with van der Waals surface area (Å²) in [5.74, 6) is -1.69. The molecule has 0 aliphatic heterocycles. The highest BCUT2D eigenvalue weighted by atomic mass is 35.5. The van der Waals surface area contributed by atoms with E-state index in [0.717, 1.165) is 25.3 Å². The minimum Gasteiger partial charge on any atom is -0.479 e. The van der Waals surface area contributed by atoms with Crippen LogP contribution in [0.4, 0.5) is 4.39 Å². The van der Waals surface area contributed by atoms with E-state index in [-0.39, 0.29) is 16.5 Å². The largest absolute Gasteiger partial charge is 0.479 e. The van der Waals surface area contributed by atoms with E-state index in [4.69, 9.17) is 11.6 Å². The molecule has 6 heteroatoms. The predicted octanol–water partition coefficient (Wildman–Crippen LogP) is 3.30. The summed E-state index contributed by atoms with van der Waals surface area (Å²) in [6, 6.07) is 2.46. The van der Waals surface area contributed by atoms with E-state index in [1.165, 1.54) is 18.6 Å². The van der Waals surface area contributed by atoms with Gasteiger partial charge in [0.15, 0.2) is 6.04 Å². The molecule has 0 bridgehead atoms. The van der Waals surface area contributed by atoms with Crippen LogP contribution in [0.1, 0.15) is 43.7 Å². The maximum Gasteiger partial charge on any atom is 0.330 e. The van der Waals surface area contributed by atoms with Gasteiger partial charge < -0.3 is 10.4 Å². The molecular weight excluding hydrogens is 297 g/mol. The Balaban J connectivity index is 1.99.